The van der Waals surface area contributed by atoms with Gasteiger partial charge in [-0.25, -0.2) is 4.79 Å². The van der Waals surface area contributed by atoms with Crippen LogP contribution in [0.3, 0.4) is 0 Å². The molecule has 7 nitrogen and oxygen atoms in total. The maximum atomic E-state index is 11.1. The van der Waals surface area contributed by atoms with Crippen molar-refractivity contribution in [2.75, 3.05) is 13.6 Å². The number of hydrogen-bond acceptors (Lipinski definition) is 4. The van der Waals surface area contributed by atoms with Gasteiger partial charge in [-0.3, -0.25) is 9.98 Å². The van der Waals surface area contributed by atoms with Crippen molar-refractivity contribution in [3.63, 3.8) is 0 Å². The number of aliphatic imine (C=N–C) groups is 2. The van der Waals surface area contributed by atoms with E-state index in [1.54, 1.807) is 13.3 Å². The molecular weight excluding hydrogens is 400 g/mol. The van der Waals surface area contributed by atoms with Gasteiger partial charge in [0.05, 0.1) is 0 Å². The minimum absolute atomic E-state index is 0.440. The molecular formula is C25H40N6O. The van der Waals surface area contributed by atoms with Crippen LogP contribution in [-0.2, 0) is 0 Å². The standard InChI is InChI=1S/C25H40N6O/c1-7-16(2)23(31-22-10-11-22)13-24(28-14-20-8-9-20)29-19(5)21(15-27-6)12-17(3)18(4)30-25(26)32/h12-13,15-16,20,22,31H,4,7-11,14H2,1-3,5-6H3,(H,28,29)(H3,26,30,32)/b17-12+,21-19+,23-13+,27-15?/t16-/m1/s1. The highest BCUT2D eigenvalue weighted by Gasteiger charge is 2.24. The zero-order valence-electron chi connectivity index (χ0n) is 20.3. The molecule has 2 aliphatic carbocycles. The molecule has 2 aliphatic rings. The number of carbonyl (C=O) groups excluding carboxylic acids is 1. The van der Waals surface area contributed by atoms with Gasteiger partial charge in [0.25, 0.3) is 0 Å². The third-order valence-corrected chi connectivity index (χ3v) is 5.74. The van der Waals surface area contributed by atoms with Crippen molar-refractivity contribution in [2.24, 2.45) is 27.6 Å². The van der Waals surface area contributed by atoms with Crippen molar-refractivity contribution in [3.8, 4) is 0 Å². The van der Waals surface area contributed by atoms with Crippen LogP contribution in [-0.4, -0.2) is 37.7 Å². The molecule has 176 valence electrons. The van der Waals surface area contributed by atoms with Gasteiger partial charge in [-0.05, 0) is 75.5 Å². The van der Waals surface area contributed by atoms with Gasteiger partial charge in [0, 0.05) is 48.5 Å². The van der Waals surface area contributed by atoms with E-state index in [1.165, 1.54) is 31.4 Å². The number of nitrogens with one attached hydrogen (secondary N) is 3. The number of carbonyl (C=O) groups is 1. The molecule has 0 bridgehead atoms. The summed E-state index contributed by atoms with van der Waals surface area (Å²) < 4.78 is 0. The van der Waals surface area contributed by atoms with Gasteiger partial charge in [-0.1, -0.05) is 20.4 Å². The highest BCUT2D eigenvalue weighted by Crippen LogP contribution is 2.29. The Hall–Kier alpha value is -2.83. The summed E-state index contributed by atoms with van der Waals surface area (Å²) in [5.74, 6) is 2.00. The first-order chi connectivity index (χ1) is 15.2. The monoisotopic (exact) mass is 440 g/mol. The first-order valence-corrected chi connectivity index (χ1v) is 11.6. The number of nitrogens with zero attached hydrogens (tertiary/aromatic N) is 2. The number of primary amides is 1. The van der Waals surface area contributed by atoms with E-state index >= 15 is 0 Å². The van der Waals surface area contributed by atoms with E-state index in [0.717, 1.165) is 35.6 Å². The Morgan fingerprint density at radius 1 is 1.19 bits per heavy atom. The molecule has 0 radical (unpaired) electrons. The van der Waals surface area contributed by atoms with Crippen molar-refractivity contribution in [1.29, 1.82) is 0 Å². The highest BCUT2D eigenvalue weighted by atomic mass is 16.2. The van der Waals surface area contributed by atoms with Gasteiger partial charge in [-0.2, -0.15) is 0 Å². The number of urea groups is 1. The molecule has 7 heteroatoms. The lowest BCUT2D eigenvalue weighted by atomic mass is 10.0. The fraction of sp³-hybridized carbons (Fsp3) is 0.560. The van der Waals surface area contributed by atoms with Crippen molar-refractivity contribution in [1.82, 2.24) is 16.0 Å². The van der Waals surface area contributed by atoms with Crippen LogP contribution in [0, 0.1) is 11.8 Å². The van der Waals surface area contributed by atoms with E-state index in [-0.39, 0.29) is 0 Å². The topological polar surface area (TPSA) is 104 Å². The summed E-state index contributed by atoms with van der Waals surface area (Å²) in [6.07, 6.45) is 11.9. The Labute approximate surface area is 193 Å². The average molecular weight is 441 g/mol. The van der Waals surface area contributed by atoms with Crippen molar-refractivity contribution < 1.29 is 4.79 Å². The minimum Gasteiger partial charge on any atom is -0.385 e. The summed E-state index contributed by atoms with van der Waals surface area (Å²) in [7, 11) is 1.73. The molecule has 2 amide bonds. The van der Waals surface area contributed by atoms with E-state index in [9.17, 15) is 4.79 Å². The summed E-state index contributed by atoms with van der Waals surface area (Å²) >= 11 is 0. The molecule has 32 heavy (non-hydrogen) atoms. The lowest BCUT2D eigenvalue weighted by molar-refractivity contribution is 0.251. The van der Waals surface area contributed by atoms with Gasteiger partial charge >= 0.3 is 6.03 Å². The first kappa shape index (κ1) is 25.4. The fourth-order valence-corrected chi connectivity index (χ4v) is 3.02. The summed E-state index contributed by atoms with van der Waals surface area (Å²) in [6.45, 7) is 13.1. The van der Waals surface area contributed by atoms with Crippen LogP contribution in [0.5, 0.6) is 0 Å². The molecule has 2 fully saturated rings. The molecule has 1 atom stereocenters. The van der Waals surface area contributed by atoms with Crippen LogP contribution in [0.1, 0.15) is 59.8 Å². The number of amides is 2. The molecule has 0 aromatic heterocycles. The Morgan fingerprint density at radius 2 is 1.88 bits per heavy atom. The van der Waals surface area contributed by atoms with E-state index < -0.39 is 6.03 Å². The van der Waals surface area contributed by atoms with Crippen LogP contribution in [0.4, 0.5) is 4.79 Å². The van der Waals surface area contributed by atoms with Gasteiger partial charge in [0.2, 0.25) is 0 Å². The smallest absolute Gasteiger partial charge is 0.316 e. The second-order valence-electron chi connectivity index (χ2n) is 8.88. The summed E-state index contributed by atoms with van der Waals surface area (Å²) in [5.41, 5.74) is 9.50. The maximum Gasteiger partial charge on any atom is 0.316 e. The number of allylic oxidation sites excluding steroid dienone is 5. The highest BCUT2D eigenvalue weighted by molar-refractivity contribution is 5.96. The fourth-order valence-electron chi connectivity index (χ4n) is 3.02. The van der Waals surface area contributed by atoms with Crippen molar-refractivity contribution in [2.45, 2.75) is 65.8 Å². The number of amidine groups is 1. The van der Waals surface area contributed by atoms with Crippen LogP contribution in [0.2, 0.25) is 0 Å². The third kappa shape index (κ3) is 9.12. The molecule has 2 saturated carbocycles. The second kappa shape index (κ2) is 12.3. The molecule has 0 aromatic rings. The van der Waals surface area contributed by atoms with E-state index in [0.29, 0.717) is 23.6 Å². The summed E-state index contributed by atoms with van der Waals surface area (Å²) in [6, 6.07) is -0.0404. The molecule has 2 rings (SSSR count). The van der Waals surface area contributed by atoms with Gasteiger partial charge < -0.3 is 21.7 Å². The van der Waals surface area contributed by atoms with Crippen LogP contribution >= 0.6 is 0 Å². The Bertz CT molecular complexity index is 840. The molecule has 0 spiro atoms. The van der Waals surface area contributed by atoms with Crippen LogP contribution < -0.4 is 21.7 Å². The van der Waals surface area contributed by atoms with Gasteiger partial charge in [0.1, 0.15) is 5.84 Å². The van der Waals surface area contributed by atoms with E-state index in [2.05, 4.69) is 47.4 Å². The zero-order valence-corrected chi connectivity index (χ0v) is 20.3. The van der Waals surface area contributed by atoms with Crippen molar-refractivity contribution >= 4 is 18.1 Å². The quantitative estimate of drug-likeness (QED) is 0.208. The number of hydrogen-bond donors (Lipinski definition) is 4. The lowest BCUT2D eigenvalue weighted by Crippen LogP contribution is -2.28. The molecule has 0 heterocycles. The molecule has 0 aromatic carbocycles. The van der Waals surface area contributed by atoms with Crippen LogP contribution in [0.15, 0.2) is 57.0 Å². The van der Waals surface area contributed by atoms with Gasteiger partial charge in [0.15, 0.2) is 0 Å². The third-order valence-electron chi connectivity index (χ3n) is 5.74. The van der Waals surface area contributed by atoms with Crippen molar-refractivity contribution in [3.05, 3.63) is 47.0 Å². The Morgan fingerprint density at radius 3 is 2.41 bits per heavy atom. The predicted octanol–water partition coefficient (Wildman–Crippen LogP) is 4.17. The average Bonchev–Trinajstić information content (AvgIpc) is 3.65. The Balaban J connectivity index is 2.31. The van der Waals surface area contributed by atoms with Crippen LogP contribution in [0.25, 0.3) is 0 Å². The summed E-state index contributed by atoms with van der Waals surface area (Å²) in [5, 5.41) is 9.73. The second-order valence-corrected chi connectivity index (χ2v) is 8.88. The lowest BCUT2D eigenvalue weighted by Gasteiger charge is -2.18. The Kier molecular flexibility index (Phi) is 9.75. The summed E-state index contributed by atoms with van der Waals surface area (Å²) in [4.78, 5) is 20.2. The van der Waals surface area contributed by atoms with Gasteiger partial charge in [-0.15, -0.1) is 0 Å². The molecule has 0 unspecified atom stereocenters. The number of nitrogens with two attached hydrogens (primary N) is 1. The predicted molar refractivity (Wildman–Crippen MR) is 135 cm³/mol. The normalized spacial score (nSPS) is 19.5. The largest absolute Gasteiger partial charge is 0.385 e. The minimum atomic E-state index is -0.632. The molecule has 5 N–H and O–H groups in total. The first-order valence-electron chi connectivity index (χ1n) is 11.6. The van der Waals surface area contributed by atoms with E-state index in [4.69, 9.17) is 10.7 Å². The number of rotatable bonds is 12. The van der Waals surface area contributed by atoms with E-state index in [1.807, 2.05) is 19.9 Å². The SMILES string of the molecule is C=C(NC(N)=O)/C(C)=C/C(C=NC)=C(/C)NC(/C=C(/NC1CC1)[C@H](C)CC)=NCC1CC1. The maximum absolute atomic E-state index is 11.1. The zero-order chi connectivity index (χ0) is 23.7. The molecule has 0 saturated heterocycles. The molecule has 0 aliphatic heterocycles.